The lowest BCUT2D eigenvalue weighted by atomic mass is 9.91. The van der Waals surface area contributed by atoms with Gasteiger partial charge in [-0.05, 0) is 90.8 Å². The molecule has 0 heterocycles. The predicted octanol–water partition coefficient (Wildman–Crippen LogP) is 6.87. The zero-order chi connectivity index (χ0) is 34.1. The first kappa shape index (κ1) is 33.9. The maximum atomic E-state index is 13.6. The number of amides is 3. The molecule has 10 nitrogen and oxygen atoms in total. The van der Waals surface area contributed by atoms with E-state index in [-0.39, 0.29) is 23.5 Å². The highest BCUT2D eigenvalue weighted by Crippen LogP contribution is 2.31. The van der Waals surface area contributed by atoms with E-state index < -0.39 is 34.0 Å². The third kappa shape index (κ3) is 8.68. The lowest BCUT2D eigenvalue weighted by Crippen LogP contribution is -2.34. The number of hydrogen-bond donors (Lipinski definition) is 5. The van der Waals surface area contributed by atoms with Crippen LogP contribution in [0.1, 0.15) is 70.8 Å². The summed E-state index contributed by atoms with van der Waals surface area (Å²) in [6.45, 7) is 1.66. The second kappa shape index (κ2) is 15.4. The van der Waals surface area contributed by atoms with Gasteiger partial charge in [0.05, 0.1) is 18.2 Å². The van der Waals surface area contributed by atoms with Gasteiger partial charge in [-0.2, -0.15) is 0 Å². The molecule has 0 aromatic heterocycles. The van der Waals surface area contributed by atoms with Gasteiger partial charge in [0.1, 0.15) is 4.90 Å². The molecule has 1 unspecified atom stereocenters. The van der Waals surface area contributed by atoms with E-state index in [2.05, 4.69) is 26.7 Å². The Kier molecular flexibility index (Phi) is 10.9. The Balaban J connectivity index is 1.41. The van der Waals surface area contributed by atoms with Crippen LogP contribution in [0.5, 0.6) is 0 Å². The molecule has 11 heteroatoms. The maximum absolute atomic E-state index is 13.6. The first-order valence-corrected chi connectivity index (χ1v) is 17.2. The molecule has 0 spiro atoms. The van der Waals surface area contributed by atoms with Gasteiger partial charge in [-0.15, -0.1) is 0 Å². The topological polar surface area (TPSA) is 154 Å². The van der Waals surface area contributed by atoms with Gasteiger partial charge in [0.25, 0.3) is 15.9 Å². The largest absolute Gasteiger partial charge is 0.481 e. The van der Waals surface area contributed by atoms with Gasteiger partial charge >= 0.3 is 12.0 Å². The number of carboxylic acids is 1. The van der Waals surface area contributed by atoms with Gasteiger partial charge in [0, 0.05) is 17.8 Å². The molecule has 0 radical (unpaired) electrons. The molecular weight excluding hydrogens is 628 g/mol. The fourth-order valence-electron chi connectivity index (χ4n) is 5.67. The van der Waals surface area contributed by atoms with Crippen molar-refractivity contribution in [1.29, 1.82) is 0 Å². The lowest BCUT2D eigenvalue weighted by Gasteiger charge is -2.22. The third-order valence-electron chi connectivity index (χ3n) is 8.07. The highest BCUT2D eigenvalue weighted by molar-refractivity contribution is 7.93. The van der Waals surface area contributed by atoms with E-state index in [1.165, 1.54) is 18.1 Å². The number of sulfonamides is 1. The number of carboxylic acid groups (broad SMARTS) is 1. The minimum Gasteiger partial charge on any atom is -0.481 e. The Morgan fingerprint density at radius 2 is 1.52 bits per heavy atom. The molecule has 5 N–H and O–H groups in total. The van der Waals surface area contributed by atoms with Crippen molar-refractivity contribution in [3.63, 3.8) is 0 Å². The van der Waals surface area contributed by atoms with E-state index in [1.54, 1.807) is 73.7 Å². The van der Waals surface area contributed by atoms with Gasteiger partial charge in [0.15, 0.2) is 0 Å². The average molecular weight is 667 g/mol. The Morgan fingerprint density at radius 3 is 2.17 bits per heavy atom. The van der Waals surface area contributed by atoms with Gasteiger partial charge in [-0.1, -0.05) is 72.8 Å². The summed E-state index contributed by atoms with van der Waals surface area (Å²) in [5.74, 6) is -1.42. The van der Waals surface area contributed by atoms with Gasteiger partial charge in [-0.3, -0.25) is 14.3 Å². The monoisotopic (exact) mass is 666 g/mol. The number of anilines is 2. The molecule has 0 bridgehead atoms. The number of aryl methyl sites for hydroxylation is 1. The molecule has 5 rings (SSSR count). The Hall–Kier alpha value is -5.42. The van der Waals surface area contributed by atoms with Crippen molar-refractivity contribution in [1.82, 2.24) is 10.6 Å². The van der Waals surface area contributed by atoms with Crippen molar-refractivity contribution in [2.24, 2.45) is 0 Å². The quantitative estimate of drug-likeness (QED) is 0.111. The molecule has 248 valence electrons. The average Bonchev–Trinajstić information content (AvgIpc) is 3.08. The molecule has 4 aromatic rings. The van der Waals surface area contributed by atoms with Crippen molar-refractivity contribution in [3.05, 3.63) is 131 Å². The highest BCUT2D eigenvalue weighted by Gasteiger charge is 2.24. The van der Waals surface area contributed by atoms with Crippen molar-refractivity contribution in [2.45, 2.75) is 50.0 Å². The molecule has 4 aromatic carbocycles. The van der Waals surface area contributed by atoms with Crippen LogP contribution in [0.2, 0.25) is 0 Å². The third-order valence-corrected chi connectivity index (χ3v) is 9.65. The summed E-state index contributed by atoms with van der Waals surface area (Å²) in [6.07, 6.45) is 6.47. The van der Waals surface area contributed by atoms with Crippen LogP contribution in [-0.2, 0) is 14.8 Å². The van der Waals surface area contributed by atoms with Gasteiger partial charge < -0.3 is 21.1 Å². The van der Waals surface area contributed by atoms with Crippen LogP contribution >= 0.6 is 0 Å². The molecule has 0 saturated heterocycles. The SMILES string of the molecule is Cc1cccc(NC(=O)NC(c2ccc(C(=O)NCCC(=O)O)cc2)c2ccc(C3=CCCCC3)cc2)c1S(=O)(=O)Nc1ccccc1. The van der Waals surface area contributed by atoms with Crippen LogP contribution in [0, 0.1) is 6.92 Å². The van der Waals surface area contributed by atoms with Crippen molar-refractivity contribution in [2.75, 3.05) is 16.6 Å². The smallest absolute Gasteiger partial charge is 0.320 e. The fraction of sp³-hybridized carbons (Fsp3) is 0.216. The number of urea groups is 1. The first-order valence-electron chi connectivity index (χ1n) is 15.7. The second-order valence-corrected chi connectivity index (χ2v) is 13.2. The number of carbonyl (C=O) groups excluding carboxylic acids is 2. The van der Waals surface area contributed by atoms with E-state index in [1.807, 2.05) is 24.3 Å². The standard InChI is InChI=1S/C37H38N4O6S/c1-25-9-8-14-32(35(25)48(46,47)41-31-12-6-3-7-13-31)39-37(45)40-34(28-17-15-27(16-18-28)26-10-4-2-5-11-26)29-19-21-30(22-20-29)36(44)38-24-23-33(42)43/h3,6-10,12-22,34,41H,2,4-5,11,23-24H2,1H3,(H,38,44)(H,42,43)(H2,39,40,45). The van der Waals surface area contributed by atoms with Crippen molar-refractivity contribution < 1.29 is 27.9 Å². The van der Waals surface area contributed by atoms with E-state index >= 15 is 0 Å². The molecule has 0 fully saturated rings. The normalized spacial score (nSPS) is 13.5. The van der Waals surface area contributed by atoms with E-state index in [9.17, 15) is 22.8 Å². The molecule has 1 aliphatic carbocycles. The summed E-state index contributed by atoms with van der Waals surface area (Å²) in [5.41, 5.74) is 5.18. The summed E-state index contributed by atoms with van der Waals surface area (Å²) in [5, 5.41) is 17.2. The Labute approximate surface area is 280 Å². The number of nitrogens with one attached hydrogen (secondary N) is 4. The summed E-state index contributed by atoms with van der Waals surface area (Å²) >= 11 is 0. The summed E-state index contributed by atoms with van der Waals surface area (Å²) in [6, 6.07) is 26.7. The van der Waals surface area contributed by atoms with Crippen LogP contribution in [0.3, 0.4) is 0 Å². The van der Waals surface area contributed by atoms with E-state index in [4.69, 9.17) is 5.11 Å². The van der Waals surface area contributed by atoms with Crippen LogP contribution in [0.25, 0.3) is 5.57 Å². The Morgan fingerprint density at radius 1 is 0.833 bits per heavy atom. The zero-order valence-electron chi connectivity index (χ0n) is 26.5. The lowest BCUT2D eigenvalue weighted by molar-refractivity contribution is -0.136. The minimum atomic E-state index is -4.06. The number of rotatable bonds is 12. The van der Waals surface area contributed by atoms with E-state index in [0.717, 1.165) is 30.4 Å². The second-order valence-electron chi connectivity index (χ2n) is 11.6. The van der Waals surface area contributed by atoms with Crippen molar-refractivity contribution in [3.8, 4) is 0 Å². The van der Waals surface area contributed by atoms with Crippen LogP contribution in [0.15, 0.2) is 108 Å². The summed E-state index contributed by atoms with van der Waals surface area (Å²) in [4.78, 5) is 36.9. The molecule has 3 amide bonds. The summed E-state index contributed by atoms with van der Waals surface area (Å²) < 4.78 is 29.6. The van der Waals surface area contributed by atoms with E-state index in [0.29, 0.717) is 22.4 Å². The van der Waals surface area contributed by atoms with Crippen LogP contribution in [0.4, 0.5) is 16.2 Å². The Bertz CT molecular complexity index is 1910. The maximum Gasteiger partial charge on any atom is 0.320 e. The summed E-state index contributed by atoms with van der Waals surface area (Å²) in [7, 11) is -4.06. The minimum absolute atomic E-state index is 0.000585. The molecular formula is C37H38N4O6S. The van der Waals surface area contributed by atoms with Crippen LogP contribution < -0.4 is 20.7 Å². The molecule has 1 atom stereocenters. The zero-order valence-corrected chi connectivity index (χ0v) is 27.3. The number of para-hydroxylation sites is 1. The molecule has 48 heavy (non-hydrogen) atoms. The van der Waals surface area contributed by atoms with Gasteiger partial charge in [-0.25, -0.2) is 13.2 Å². The number of allylic oxidation sites excluding steroid dienone is 2. The highest BCUT2D eigenvalue weighted by atomic mass is 32.2. The molecule has 0 saturated carbocycles. The molecule has 0 aliphatic heterocycles. The number of carbonyl (C=O) groups is 3. The number of benzene rings is 4. The van der Waals surface area contributed by atoms with Crippen LogP contribution in [-0.4, -0.2) is 38.0 Å². The number of hydrogen-bond acceptors (Lipinski definition) is 5. The van der Waals surface area contributed by atoms with Gasteiger partial charge in [0.2, 0.25) is 0 Å². The fourth-order valence-corrected chi connectivity index (χ4v) is 7.12. The first-order chi connectivity index (χ1) is 23.1. The number of aliphatic carboxylic acids is 1. The molecule has 1 aliphatic rings. The predicted molar refractivity (Wildman–Crippen MR) is 186 cm³/mol. The van der Waals surface area contributed by atoms with Crippen molar-refractivity contribution >= 4 is 44.9 Å².